The van der Waals surface area contributed by atoms with E-state index in [0.717, 1.165) is 37.6 Å². The van der Waals surface area contributed by atoms with Crippen molar-refractivity contribution in [3.63, 3.8) is 0 Å². The maximum atomic E-state index is 11.8. The van der Waals surface area contributed by atoms with Gasteiger partial charge in [0.2, 0.25) is 0 Å². The first-order valence-corrected chi connectivity index (χ1v) is 9.11. The highest BCUT2D eigenvalue weighted by molar-refractivity contribution is 5.68. The quantitative estimate of drug-likeness (QED) is 0.825. The van der Waals surface area contributed by atoms with E-state index in [-0.39, 0.29) is 12.1 Å². The highest BCUT2D eigenvalue weighted by Crippen LogP contribution is 2.29. The van der Waals surface area contributed by atoms with E-state index in [0.29, 0.717) is 6.04 Å². The van der Waals surface area contributed by atoms with Crippen LogP contribution in [0.15, 0.2) is 0 Å². The lowest BCUT2D eigenvalue weighted by atomic mass is 9.90. The van der Waals surface area contributed by atoms with Crippen LogP contribution in [0.1, 0.15) is 79.1 Å². The first-order valence-electron chi connectivity index (χ1n) is 9.11. The molecule has 2 saturated carbocycles. The van der Waals surface area contributed by atoms with E-state index in [1.54, 1.807) is 0 Å². The Hall–Kier alpha value is -0.770. The highest BCUT2D eigenvalue weighted by atomic mass is 16.6. The van der Waals surface area contributed by atoms with E-state index in [9.17, 15) is 4.79 Å². The fourth-order valence-corrected chi connectivity index (χ4v) is 3.81. The molecule has 0 aromatic heterocycles. The van der Waals surface area contributed by atoms with Crippen LogP contribution in [0.25, 0.3) is 0 Å². The Labute approximate surface area is 135 Å². The van der Waals surface area contributed by atoms with Gasteiger partial charge in [0.05, 0.1) is 0 Å². The molecule has 1 amide bonds. The van der Waals surface area contributed by atoms with Crippen LogP contribution in [0.2, 0.25) is 0 Å². The second kappa shape index (κ2) is 7.67. The van der Waals surface area contributed by atoms with Crippen LogP contribution in [-0.4, -0.2) is 29.8 Å². The average Bonchev–Trinajstić information content (AvgIpc) is 2.86. The zero-order valence-electron chi connectivity index (χ0n) is 14.8. The molecule has 2 unspecified atom stereocenters. The molecular weight excluding hydrogens is 276 g/mol. The number of carbonyl (C=O) groups excluding carboxylic acids is 1. The van der Waals surface area contributed by atoms with E-state index in [1.807, 2.05) is 20.8 Å². The molecule has 0 heterocycles. The number of nitrogens with one attached hydrogen (secondary N) is 2. The van der Waals surface area contributed by atoms with Crippen molar-refractivity contribution in [2.75, 3.05) is 0 Å². The van der Waals surface area contributed by atoms with Gasteiger partial charge in [-0.3, -0.25) is 0 Å². The molecule has 2 aliphatic rings. The minimum atomic E-state index is -0.416. The number of rotatable bonds is 4. The fraction of sp³-hybridized carbons (Fsp3) is 0.944. The van der Waals surface area contributed by atoms with Crippen LogP contribution in [-0.2, 0) is 4.74 Å². The molecule has 2 rings (SSSR count). The second-order valence-electron chi connectivity index (χ2n) is 8.15. The molecule has 0 bridgehead atoms. The van der Waals surface area contributed by atoms with E-state index in [1.165, 1.54) is 25.7 Å². The second-order valence-corrected chi connectivity index (χ2v) is 8.15. The lowest BCUT2D eigenvalue weighted by Gasteiger charge is -2.32. The number of hydrogen-bond acceptors (Lipinski definition) is 3. The van der Waals surface area contributed by atoms with Gasteiger partial charge < -0.3 is 15.4 Å². The van der Waals surface area contributed by atoms with Crippen LogP contribution in [0.4, 0.5) is 4.79 Å². The van der Waals surface area contributed by atoms with Crippen molar-refractivity contribution in [2.24, 2.45) is 5.92 Å². The molecule has 22 heavy (non-hydrogen) atoms. The average molecular weight is 310 g/mol. The molecule has 0 saturated heterocycles. The summed E-state index contributed by atoms with van der Waals surface area (Å²) in [5, 5.41) is 6.87. The lowest BCUT2D eigenvalue weighted by molar-refractivity contribution is 0.0489. The molecule has 128 valence electrons. The molecule has 0 aromatic rings. The Morgan fingerprint density at radius 2 is 1.59 bits per heavy atom. The zero-order chi connectivity index (χ0) is 16.2. The monoisotopic (exact) mass is 310 g/mol. The van der Waals surface area contributed by atoms with Gasteiger partial charge in [0.25, 0.3) is 0 Å². The Balaban J connectivity index is 1.64. The molecule has 4 heteroatoms. The van der Waals surface area contributed by atoms with Crippen LogP contribution in [0.3, 0.4) is 0 Å². The summed E-state index contributed by atoms with van der Waals surface area (Å²) in [6, 6.07) is 1.64. The molecule has 2 N–H and O–H groups in total. The number of ether oxygens (including phenoxy) is 1. The molecular formula is C18H34N2O2. The van der Waals surface area contributed by atoms with Gasteiger partial charge in [-0.05, 0) is 71.6 Å². The SMILES string of the molecule is CCC1CCC(NC2CCC(NC(=O)OC(C)(C)C)CC2)C1. The molecule has 0 radical (unpaired) electrons. The van der Waals surface area contributed by atoms with Crippen molar-refractivity contribution in [1.82, 2.24) is 10.6 Å². The summed E-state index contributed by atoms with van der Waals surface area (Å²) in [6.45, 7) is 8.01. The van der Waals surface area contributed by atoms with Gasteiger partial charge in [-0.1, -0.05) is 13.3 Å². The summed E-state index contributed by atoms with van der Waals surface area (Å²) < 4.78 is 5.33. The van der Waals surface area contributed by atoms with Crippen molar-refractivity contribution < 1.29 is 9.53 Å². The standard InChI is InChI=1S/C18H34N2O2/c1-5-13-6-7-16(12-13)19-14-8-10-15(11-9-14)20-17(21)22-18(2,3)4/h13-16,19H,5-12H2,1-4H3,(H,20,21). The third-order valence-corrected chi connectivity index (χ3v) is 5.04. The largest absolute Gasteiger partial charge is 0.444 e. The van der Waals surface area contributed by atoms with Gasteiger partial charge in [-0.2, -0.15) is 0 Å². The van der Waals surface area contributed by atoms with Crippen molar-refractivity contribution in [2.45, 2.75) is 103 Å². The Kier molecular flexibility index (Phi) is 6.13. The van der Waals surface area contributed by atoms with Gasteiger partial charge in [0, 0.05) is 18.1 Å². The summed E-state index contributed by atoms with van der Waals surface area (Å²) in [6.07, 6.45) is 9.57. The molecule has 2 atom stereocenters. The topological polar surface area (TPSA) is 50.4 Å². The van der Waals surface area contributed by atoms with Gasteiger partial charge in [-0.15, -0.1) is 0 Å². The Morgan fingerprint density at radius 3 is 2.14 bits per heavy atom. The summed E-state index contributed by atoms with van der Waals surface area (Å²) in [5.74, 6) is 0.933. The van der Waals surface area contributed by atoms with Crippen molar-refractivity contribution >= 4 is 6.09 Å². The summed E-state index contributed by atoms with van der Waals surface area (Å²) >= 11 is 0. The number of alkyl carbamates (subject to hydrolysis) is 1. The number of carbonyl (C=O) groups is 1. The number of amides is 1. The van der Waals surface area contributed by atoms with E-state index >= 15 is 0 Å². The predicted octanol–water partition coefficient (Wildman–Crippen LogP) is 3.99. The van der Waals surface area contributed by atoms with Gasteiger partial charge >= 0.3 is 6.09 Å². The molecule has 2 aliphatic carbocycles. The first-order chi connectivity index (χ1) is 10.4. The van der Waals surface area contributed by atoms with Gasteiger partial charge in [0.15, 0.2) is 0 Å². The molecule has 0 spiro atoms. The third-order valence-electron chi connectivity index (χ3n) is 5.04. The van der Waals surface area contributed by atoms with Crippen molar-refractivity contribution in [3.05, 3.63) is 0 Å². The van der Waals surface area contributed by atoms with Crippen LogP contribution in [0, 0.1) is 5.92 Å². The highest BCUT2D eigenvalue weighted by Gasteiger charge is 2.28. The zero-order valence-corrected chi connectivity index (χ0v) is 14.8. The van der Waals surface area contributed by atoms with Crippen molar-refractivity contribution in [3.8, 4) is 0 Å². The molecule has 2 fully saturated rings. The Bertz CT molecular complexity index is 357. The third kappa shape index (κ3) is 5.79. The van der Waals surface area contributed by atoms with Gasteiger partial charge in [0.1, 0.15) is 5.60 Å². The summed E-state index contributed by atoms with van der Waals surface area (Å²) in [7, 11) is 0. The molecule has 0 aliphatic heterocycles. The van der Waals surface area contributed by atoms with Crippen LogP contribution >= 0.6 is 0 Å². The maximum absolute atomic E-state index is 11.8. The Morgan fingerprint density at radius 1 is 1.00 bits per heavy atom. The van der Waals surface area contributed by atoms with Crippen LogP contribution in [0.5, 0.6) is 0 Å². The minimum Gasteiger partial charge on any atom is -0.444 e. The number of hydrogen-bond donors (Lipinski definition) is 2. The van der Waals surface area contributed by atoms with Gasteiger partial charge in [-0.25, -0.2) is 4.79 Å². The minimum absolute atomic E-state index is 0.273. The van der Waals surface area contributed by atoms with Crippen LogP contribution < -0.4 is 10.6 Å². The predicted molar refractivity (Wildman–Crippen MR) is 90.0 cm³/mol. The lowest BCUT2D eigenvalue weighted by Crippen LogP contribution is -2.45. The smallest absolute Gasteiger partial charge is 0.407 e. The van der Waals surface area contributed by atoms with Crippen molar-refractivity contribution in [1.29, 1.82) is 0 Å². The molecule has 4 nitrogen and oxygen atoms in total. The summed E-state index contributed by atoms with van der Waals surface area (Å²) in [4.78, 5) is 11.8. The maximum Gasteiger partial charge on any atom is 0.407 e. The van der Waals surface area contributed by atoms with E-state index in [4.69, 9.17) is 4.74 Å². The van der Waals surface area contributed by atoms with E-state index in [2.05, 4.69) is 17.6 Å². The fourth-order valence-electron chi connectivity index (χ4n) is 3.81. The molecule has 0 aromatic carbocycles. The van der Waals surface area contributed by atoms with E-state index < -0.39 is 5.60 Å². The summed E-state index contributed by atoms with van der Waals surface area (Å²) in [5.41, 5.74) is -0.416. The first kappa shape index (κ1) is 17.6. The normalized spacial score (nSPS) is 32.7.